The van der Waals surface area contributed by atoms with Crippen molar-refractivity contribution >= 4 is 5.69 Å². The van der Waals surface area contributed by atoms with Gasteiger partial charge in [0, 0.05) is 18.8 Å². The van der Waals surface area contributed by atoms with Crippen LogP contribution in [0.4, 0.5) is 5.69 Å². The Morgan fingerprint density at radius 2 is 1.94 bits per heavy atom. The van der Waals surface area contributed by atoms with Crippen LogP contribution in [-0.4, -0.2) is 37.0 Å². The van der Waals surface area contributed by atoms with Gasteiger partial charge in [0.2, 0.25) is 0 Å². The van der Waals surface area contributed by atoms with E-state index < -0.39 is 6.10 Å². The maximum atomic E-state index is 9.99. The van der Waals surface area contributed by atoms with Crippen molar-refractivity contribution in [2.75, 3.05) is 24.6 Å². The number of hydrogen-bond donors (Lipinski definition) is 1. The Hall–Kier alpha value is -1.06. The highest BCUT2D eigenvalue weighted by Gasteiger charge is 2.13. The summed E-state index contributed by atoms with van der Waals surface area (Å²) in [4.78, 5) is 2.18. The van der Waals surface area contributed by atoms with E-state index in [1.165, 1.54) is 11.3 Å². The largest absolute Gasteiger partial charge is 0.389 e. The first-order chi connectivity index (χ1) is 8.54. The van der Waals surface area contributed by atoms with E-state index in [2.05, 4.69) is 30.9 Å². The smallest absolute Gasteiger partial charge is 0.0948 e. The molecule has 0 fully saturated rings. The topological polar surface area (TPSA) is 32.7 Å². The van der Waals surface area contributed by atoms with Crippen LogP contribution in [0.5, 0.6) is 0 Å². The summed E-state index contributed by atoms with van der Waals surface area (Å²) in [6.45, 7) is 10.0. The predicted octanol–water partition coefficient (Wildman–Crippen LogP) is 2.61. The molecule has 0 saturated heterocycles. The average molecular weight is 251 g/mol. The SMILES string of the molecule is CCN(CC(O)COC(C)C)c1ccccc1C. The Morgan fingerprint density at radius 1 is 1.28 bits per heavy atom. The van der Waals surface area contributed by atoms with E-state index >= 15 is 0 Å². The highest BCUT2D eigenvalue weighted by Crippen LogP contribution is 2.19. The summed E-state index contributed by atoms with van der Waals surface area (Å²) >= 11 is 0. The highest BCUT2D eigenvalue weighted by molar-refractivity contribution is 5.52. The fraction of sp³-hybridized carbons (Fsp3) is 0.600. The molecule has 3 nitrogen and oxygen atoms in total. The van der Waals surface area contributed by atoms with Gasteiger partial charge >= 0.3 is 0 Å². The Bertz CT molecular complexity index is 352. The van der Waals surface area contributed by atoms with Gasteiger partial charge in [-0.25, -0.2) is 0 Å². The molecule has 0 aliphatic carbocycles. The summed E-state index contributed by atoms with van der Waals surface area (Å²) in [6, 6.07) is 8.25. The first-order valence-corrected chi connectivity index (χ1v) is 6.64. The van der Waals surface area contributed by atoms with Gasteiger partial charge in [0.15, 0.2) is 0 Å². The van der Waals surface area contributed by atoms with Crippen LogP contribution >= 0.6 is 0 Å². The Balaban J connectivity index is 2.59. The van der Waals surface area contributed by atoms with Crippen LogP contribution in [0.15, 0.2) is 24.3 Å². The van der Waals surface area contributed by atoms with Crippen LogP contribution in [0.2, 0.25) is 0 Å². The molecule has 0 radical (unpaired) electrons. The molecule has 0 amide bonds. The molecule has 0 aromatic heterocycles. The lowest BCUT2D eigenvalue weighted by Crippen LogP contribution is -2.35. The lowest BCUT2D eigenvalue weighted by Gasteiger charge is -2.27. The standard InChI is InChI=1S/C15H25NO2/c1-5-16(10-14(17)11-18-12(2)3)15-9-7-6-8-13(15)4/h6-9,12,14,17H,5,10-11H2,1-4H3. The van der Waals surface area contributed by atoms with Gasteiger partial charge in [-0.05, 0) is 39.3 Å². The molecule has 18 heavy (non-hydrogen) atoms. The van der Waals surface area contributed by atoms with Crippen molar-refractivity contribution in [1.82, 2.24) is 0 Å². The van der Waals surface area contributed by atoms with Crippen LogP contribution in [0.3, 0.4) is 0 Å². The number of aryl methyl sites for hydroxylation is 1. The van der Waals surface area contributed by atoms with Crippen molar-refractivity contribution in [2.45, 2.75) is 39.9 Å². The maximum Gasteiger partial charge on any atom is 0.0948 e. The second-order valence-corrected chi connectivity index (χ2v) is 4.86. The third-order valence-corrected chi connectivity index (χ3v) is 2.89. The number of nitrogens with zero attached hydrogens (tertiary/aromatic N) is 1. The van der Waals surface area contributed by atoms with Crippen molar-refractivity contribution < 1.29 is 9.84 Å². The zero-order valence-corrected chi connectivity index (χ0v) is 11.9. The van der Waals surface area contributed by atoms with Gasteiger partial charge in [0.1, 0.15) is 0 Å². The van der Waals surface area contributed by atoms with Crippen molar-refractivity contribution in [1.29, 1.82) is 0 Å². The van der Waals surface area contributed by atoms with Gasteiger partial charge in [-0.2, -0.15) is 0 Å². The van der Waals surface area contributed by atoms with Gasteiger partial charge in [-0.1, -0.05) is 18.2 Å². The van der Waals surface area contributed by atoms with Gasteiger partial charge in [-0.3, -0.25) is 0 Å². The van der Waals surface area contributed by atoms with E-state index in [0.717, 1.165) is 6.54 Å². The molecule has 1 atom stereocenters. The first-order valence-electron chi connectivity index (χ1n) is 6.64. The van der Waals surface area contributed by atoms with E-state index in [9.17, 15) is 5.11 Å². The Labute approximate surface area is 110 Å². The van der Waals surface area contributed by atoms with E-state index in [1.807, 2.05) is 26.0 Å². The molecule has 102 valence electrons. The fourth-order valence-corrected chi connectivity index (χ4v) is 1.93. The van der Waals surface area contributed by atoms with Crippen LogP contribution in [0, 0.1) is 6.92 Å². The average Bonchev–Trinajstić information content (AvgIpc) is 2.34. The first kappa shape index (κ1) is 15.0. The lowest BCUT2D eigenvalue weighted by atomic mass is 10.1. The minimum Gasteiger partial charge on any atom is -0.389 e. The number of hydrogen-bond acceptors (Lipinski definition) is 3. The van der Waals surface area contributed by atoms with E-state index in [0.29, 0.717) is 13.2 Å². The Morgan fingerprint density at radius 3 is 2.50 bits per heavy atom. The summed E-state index contributed by atoms with van der Waals surface area (Å²) in [7, 11) is 0. The number of rotatable bonds is 7. The van der Waals surface area contributed by atoms with Crippen molar-refractivity contribution in [2.24, 2.45) is 0 Å². The number of para-hydroxylation sites is 1. The number of ether oxygens (including phenoxy) is 1. The summed E-state index contributed by atoms with van der Waals surface area (Å²) in [6.07, 6.45) is -0.292. The molecule has 0 aliphatic rings. The van der Waals surface area contributed by atoms with Crippen LogP contribution in [-0.2, 0) is 4.74 Å². The van der Waals surface area contributed by atoms with E-state index in [-0.39, 0.29) is 6.10 Å². The highest BCUT2D eigenvalue weighted by atomic mass is 16.5. The lowest BCUT2D eigenvalue weighted by molar-refractivity contribution is 0.00896. The monoisotopic (exact) mass is 251 g/mol. The van der Waals surface area contributed by atoms with Crippen molar-refractivity contribution in [3.63, 3.8) is 0 Å². The minimum atomic E-state index is -0.452. The molecule has 1 rings (SSSR count). The zero-order chi connectivity index (χ0) is 13.5. The minimum absolute atomic E-state index is 0.160. The predicted molar refractivity (Wildman–Crippen MR) is 76.2 cm³/mol. The van der Waals surface area contributed by atoms with E-state index in [4.69, 9.17) is 4.74 Å². The normalized spacial score (nSPS) is 12.8. The van der Waals surface area contributed by atoms with Crippen LogP contribution < -0.4 is 4.90 Å². The van der Waals surface area contributed by atoms with Crippen LogP contribution in [0.25, 0.3) is 0 Å². The molecule has 0 heterocycles. The molecule has 0 aliphatic heterocycles. The molecule has 0 saturated carbocycles. The molecule has 0 bridgehead atoms. The number of likely N-dealkylation sites (N-methyl/N-ethyl adjacent to an activating group) is 1. The maximum absolute atomic E-state index is 9.99. The van der Waals surface area contributed by atoms with Gasteiger partial charge in [0.05, 0.1) is 18.8 Å². The number of aliphatic hydroxyl groups excluding tert-OH is 1. The summed E-state index contributed by atoms with van der Waals surface area (Å²) in [5.74, 6) is 0. The Kier molecular flexibility index (Phi) is 6.16. The van der Waals surface area contributed by atoms with E-state index in [1.54, 1.807) is 0 Å². The molecule has 1 N–H and O–H groups in total. The van der Waals surface area contributed by atoms with Gasteiger partial charge in [-0.15, -0.1) is 0 Å². The van der Waals surface area contributed by atoms with Gasteiger partial charge < -0.3 is 14.7 Å². The third kappa shape index (κ3) is 4.67. The second-order valence-electron chi connectivity index (χ2n) is 4.86. The zero-order valence-electron chi connectivity index (χ0n) is 11.9. The second kappa shape index (κ2) is 7.39. The number of aliphatic hydroxyl groups is 1. The van der Waals surface area contributed by atoms with Gasteiger partial charge in [0.25, 0.3) is 0 Å². The third-order valence-electron chi connectivity index (χ3n) is 2.89. The molecule has 1 aromatic rings. The molecule has 3 heteroatoms. The summed E-state index contributed by atoms with van der Waals surface area (Å²) in [5.41, 5.74) is 2.42. The summed E-state index contributed by atoms with van der Waals surface area (Å²) < 4.78 is 5.44. The number of anilines is 1. The quantitative estimate of drug-likeness (QED) is 0.808. The molecule has 0 spiro atoms. The van der Waals surface area contributed by atoms with Crippen molar-refractivity contribution in [3.05, 3.63) is 29.8 Å². The fourth-order valence-electron chi connectivity index (χ4n) is 1.93. The van der Waals surface area contributed by atoms with Crippen LogP contribution in [0.1, 0.15) is 26.3 Å². The molecule has 1 unspecified atom stereocenters. The molecular formula is C15H25NO2. The van der Waals surface area contributed by atoms with Crippen molar-refractivity contribution in [3.8, 4) is 0 Å². The summed E-state index contributed by atoms with van der Waals surface area (Å²) in [5, 5.41) is 9.99. The number of benzene rings is 1. The molecular weight excluding hydrogens is 226 g/mol. The molecule has 1 aromatic carbocycles.